The second-order valence-corrected chi connectivity index (χ2v) is 42.6. The van der Waals surface area contributed by atoms with Crippen LogP contribution in [0.5, 0.6) is 0 Å². The van der Waals surface area contributed by atoms with E-state index in [0.29, 0.717) is 92.5 Å². The third-order valence-electron chi connectivity index (χ3n) is 27.8. The van der Waals surface area contributed by atoms with Crippen LogP contribution in [0.4, 0.5) is 45.5 Å². The Kier molecular flexibility index (Phi) is 55.3. The van der Waals surface area contributed by atoms with Crippen LogP contribution >= 0.6 is 0 Å². The van der Waals surface area contributed by atoms with E-state index >= 15 is 0 Å². The van der Waals surface area contributed by atoms with Crippen LogP contribution in [0.1, 0.15) is 94.1 Å². The van der Waals surface area contributed by atoms with Gasteiger partial charge in [-0.1, -0.05) is 276 Å². The molecular formula is C101H141B12Ir3N17Os3Si3-3. The van der Waals surface area contributed by atoms with E-state index in [9.17, 15) is 0 Å². The number of hydrogen-bond donors (Lipinski definition) is 1. The van der Waals surface area contributed by atoms with Gasteiger partial charge in [-0.25, -0.2) is 13.3 Å². The van der Waals surface area contributed by atoms with Crippen molar-refractivity contribution in [3.05, 3.63) is 342 Å². The second-order valence-electron chi connectivity index (χ2n) is 37.8. The first-order valence-corrected chi connectivity index (χ1v) is 51.5. The summed E-state index contributed by atoms with van der Waals surface area (Å²) >= 11 is 0. The minimum absolute atomic E-state index is 0. The first kappa shape index (κ1) is 125. The molecule has 6 radical (unpaired) electrons. The van der Waals surface area contributed by atoms with E-state index in [1.54, 1.807) is 0 Å². The molecule has 0 aromatic heterocycles. The molecule has 3 atom stereocenters. The van der Waals surface area contributed by atoms with Crippen molar-refractivity contribution in [1.82, 2.24) is 42.5 Å². The maximum absolute atomic E-state index is 3.45. The number of rotatable bonds is 16. The molecule has 0 amide bonds. The molecule has 0 aliphatic carbocycles. The van der Waals surface area contributed by atoms with Crippen LogP contribution in [-0.4, -0.2) is 204 Å². The molecule has 7 heterocycles. The van der Waals surface area contributed by atoms with Gasteiger partial charge in [0.2, 0.25) is 43.2 Å². The van der Waals surface area contributed by atoms with Crippen LogP contribution in [0, 0.1) is 69.1 Å². The quantitative estimate of drug-likeness (QED) is 0.0737. The van der Waals surface area contributed by atoms with Gasteiger partial charge in [0, 0.05) is 60.3 Å². The second kappa shape index (κ2) is 61.7. The van der Waals surface area contributed by atoms with E-state index in [0.717, 1.165) is 23.6 Å². The number of anilines is 8. The van der Waals surface area contributed by atoms with E-state index in [2.05, 4.69) is 480 Å². The van der Waals surface area contributed by atoms with Crippen molar-refractivity contribution in [2.45, 2.75) is 185 Å². The molecule has 732 valence electrons. The number of nitrogens with zero attached hydrogens (tertiary/aromatic N) is 16. The van der Waals surface area contributed by atoms with Crippen molar-refractivity contribution in [2.75, 3.05) is 85.9 Å². The number of nitrogens with one attached hydrogen (secondary N) is 1. The molecule has 38 heteroatoms. The molecule has 6 saturated heterocycles. The summed E-state index contributed by atoms with van der Waals surface area (Å²) in [5.41, 5.74) is 15.1. The van der Waals surface area contributed by atoms with Crippen LogP contribution in [0.25, 0.3) is 0 Å². The van der Waals surface area contributed by atoms with Gasteiger partial charge in [0.05, 0.1) is 0 Å². The molecule has 0 spiro atoms. The molecule has 1 N–H and O–H groups in total. The van der Waals surface area contributed by atoms with Crippen LogP contribution in [0.15, 0.2) is 267 Å². The fraction of sp³-hybridized carbons (Fsp3) is 0.347. The Balaban J connectivity index is 0.000000289. The van der Waals surface area contributed by atoms with Crippen molar-refractivity contribution in [1.29, 1.82) is 0 Å². The monoisotopic (exact) mass is 2960 g/mol. The summed E-state index contributed by atoms with van der Waals surface area (Å²) in [6, 6.07) is 112. The van der Waals surface area contributed by atoms with Gasteiger partial charge in [-0.2, -0.15) is 201 Å². The van der Waals surface area contributed by atoms with Crippen molar-refractivity contribution in [3.8, 4) is 0 Å². The normalized spacial score (nSPS) is 17.9. The molecular weight excluding hydrogens is 2810 g/mol. The summed E-state index contributed by atoms with van der Waals surface area (Å²) in [6.07, 6.45) is 7.55. The molecule has 10 aromatic rings. The minimum atomic E-state index is 0. The van der Waals surface area contributed by atoms with Gasteiger partial charge in [0.15, 0.2) is 13.7 Å². The average Bonchev–Trinajstić information content (AvgIpc) is 1.57. The van der Waals surface area contributed by atoms with Gasteiger partial charge >= 0.3 is 80.3 Å². The zero-order valence-corrected chi connectivity index (χ0v) is 105. The van der Waals surface area contributed by atoms with Crippen molar-refractivity contribution in [3.63, 3.8) is 0 Å². The predicted molar refractivity (Wildman–Crippen MR) is 595 cm³/mol. The minimum Gasteiger partial charge on any atom is -0.575 e. The number of hydrogen-bond acceptors (Lipinski definition) is 17. The van der Waals surface area contributed by atoms with Crippen molar-refractivity contribution in [2.24, 2.45) is 0 Å². The van der Waals surface area contributed by atoms with Gasteiger partial charge in [0.25, 0.3) is 34.6 Å². The number of unbranched alkanes of at least 4 members (excludes halogenated alkanes) is 1. The summed E-state index contributed by atoms with van der Waals surface area (Å²) in [7, 11) is 11.4. The fourth-order valence-corrected chi connectivity index (χ4v) is 22.9. The molecule has 17 rings (SSSR count). The van der Waals surface area contributed by atoms with Crippen LogP contribution in [0.2, 0.25) is 85.4 Å². The predicted octanol–water partition coefficient (Wildman–Crippen LogP) is 17.2. The van der Waals surface area contributed by atoms with E-state index in [1.165, 1.54) is 70.7 Å². The Morgan fingerprint density at radius 1 is 0.381 bits per heavy atom. The van der Waals surface area contributed by atoms with Gasteiger partial charge in [-0.15, -0.1) is 47.0 Å². The van der Waals surface area contributed by atoms with Gasteiger partial charge in [-0.3, -0.25) is 0 Å². The number of benzene rings is 10. The topological polar surface area (TPSA) is 63.9 Å². The molecule has 7 aliphatic heterocycles. The van der Waals surface area contributed by atoms with Crippen molar-refractivity contribution >= 4 is 169 Å². The molecule has 139 heavy (non-hydrogen) atoms. The van der Waals surface area contributed by atoms with E-state index in [4.69, 9.17) is 0 Å². The van der Waals surface area contributed by atoms with Crippen molar-refractivity contribution < 1.29 is 120 Å². The Hall–Kier alpha value is -4.89. The van der Waals surface area contributed by atoms with E-state index in [1.807, 2.05) is 109 Å². The Morgan fingerprint density at radius 2 is 0.741 bits per heavy atom. The molecule has 7 aliphatic rings. The number of para-hydroxylation sites is 7. The SMILES string of the molecule is CB1C(C)B(C)N(c2[c-]ccc(C(C)(C)C)c2)[CH-]N1C.CB1C(C)B(C)N(c2[c-]cccc2)[CH-]N1C.CB1N(C)[SiH]N(c2[c-]cccc2)B(C)N1C(C)C.CC1B(c2ccccc2)N(c2[c-]cccc2)[CH-]N(c2ccccc2)B1c1ccccc1.CCCCN1B(C)N(C)[SiH]N(c2[c-]cccc2)B1C.CCCN1B(C)N(C)[SiH]N(c2[c-]cccc2)B1C.[Ir].[Ir].[Ir].[Os+2].[Os+2].[Os+4].[c-]1ccccc1N1C=CN[CH-]1. The maximum Gasteiger partial charge on any atom is 4.00 e. The third-order valence-corrected chi connectivity index (χ3v) is 33.1. The Bertz CT molecular complexity index is 4950. The summed E-state index contributed by atoms with van der Waals surface area (Å²) in [5.74, 6) is 0. The van der Waals surface area contributed by atoms with E-state index in [-0.39, 0.29) is 168 Å². The van der Waals surface area contributed by atoms with Gasteiger partial charge < -0.3 is 80.1 Å². The Morgan fingerprint density at radius 3 is 1.12 bits per heavy atom. The van der Waals surface area contributed by atoms with Crippen LogP contribution in [0.3, 0.4) is 0 Å². The molecule has 10 aromatic carbocycles. The smallest absolute Gasteiger partial charge is 0.575 e. The molecule has 6 fully saturated rings. The van der Waals surface area contributed by atoms with Crippen LogP contribution in [-0.2, 0) is 125 Å². The molecule has 0 bridgehead atoms. The van der Waals surface area contributed by atoms with E-state index < -0.39 is 0 Å². The summed E-state index contributed by atoms with van der Waals surface area (Å²) in [4.78, 5) is 16.0. The molecule has 17 nitrogen and oxygen atoms in total. The molecule has 3 unspecified atom stereocenters. The zero-order valence-electron chi connectivity index (χ0n) is 86.4. The van der Waals surface area contributed by atoms with Crippen LogP contribution < -0.4 is 53.8 Å². The van der Waals surface area contributed by atoms with Gasteiger partial charge in [0.1, 0.15) is 0 Å². The van der Waals surface area contributed by atoms with Gasteiger partial charge in [-0.05, 0) is 94.5 Å². The largest absolute Gasteiger partial charge is 4.00 e. The first-order chi connectivity index (χ1) is 63.9. The first-order valence-electron chi connectivity index (χ1n) is 48.4. The zero-order chi connectivity index (χ0) is 95.6. The summed E-state index contributed by atoms with van der Waals surface area (Å²) in [6.45, 7) is 62.3. The third kappa shape index (κ3) is 33.6. The fourth-order valence-electron chi connectivity index (χ4n) is 18.7. The molecule has 0 saturated carbocycles. The summed E-state index contributed by atoms with van der Waals surface area (Å²) in [5, 5.41) is 2.97. The Labute approximate surface area is 934 Å². The standard InChI is InChI=1S/C27H24B2N2.C16H26B2N2.C13H23B2N3Si.2C12H21B2N3Si.C12H18B2N2.C9H8N2.3Ir.3Os/c1-23-28(24-14-6-2-7-15-24)30(26-18-10-4-11-19-26)22-31(27-20-12-5-13-21-27)29(23)25-16-8-3-9-17-25;1-13-17(5)19(7)12-20(18(13)6)15-10-8-9-14(11-15)16(2,3)4;1-5-6-12-17-14(2)16(4)19-18(15(17)3)13-10-8-7-9-11-13;1-11(2)16-13(3)15(5)18-17(14(16)4)12-9-7-6-8-10-12;1-5-11-16-13(2)15(4)18-17(14(16)3)12-9-7-6-8-10-12;1-11-13(2)15(4)10-16(14(11)3)12-8-6-5-7-9-12;1-2-4-9(5-3-1)11-7-6-10-8-11;;;;;;/h2-20,22-23H,1H3;8-9,11-13H,1-7H3;7-10,19H,5-6,12H2,1-4H3;6-9,11,18H,1-5H3;6-9,18H,5,11H2,1-4H3;5-8,10-11H,1-4H3;1-4,6-8,10H;;;;;;/q2*-2;3*-1;2*-2;;;;2*+2;+4. The average molecular weight is 2950 g/mol. The maximum atomic E-state index is 3.45. The summed E-state index contributed by atoms with van der Waals surface area (Å²) < 4.78 is 22.6.